The van der Waals surface area contributed by atoms with Gasteiger partial charge in [-0.25, -0.2) is 13.2 Å². The minimum absolute atomic E-state index is 0.0316. The van der Waals surface area contributed by atoms with E-state index in [4.69, 9.17) is 20.9 Å². The molecule has 3 heterocycles. The number of carbonyl (C=O) groups is 3. The Hall–Kier alpha value is -2.44. The summed E-state index contributed by atoms with van der Waals surface area (Å²) in [6, 6.07) is -0.164. The number of methoxy groups -OCH3 is 1. The number of ketones is 2. The lowest BCUT2D eigenvalue weighted by atomic mass is 9.82. The van der Waals surface area contributed by atoms with Crippen LogP contribution in [0.2, 0.25) is 0 Å². The number of ether oxygens (including phenoxy) is 2. The molecule has 3 aliphatic heterocycles. The highest BCUT2D eigenvalue weighted by atomic mass is 32.2. The van der Waals surface area contributed by atoms with Gasteiger partial charge < -0.3 is 31.2 Å². The highest BCUT2D eigenvalue weighted by molar-refractivity contribution is 7.92. The highest BCUT2D eigenvalue weighted by Gasteiger charge is 2.72. The van der Waals surface area contributed by atoms with Crippen LogP contribution in [0.25, 0.3) is 0 Å². The summed E-state index contributed by atoms with van der Waals surface area (Å²) >= 11 is 0. The average Bonchev–Trinajstić information content (AvgIpc) is 3.28. The van der Waals surface area contributed by atoms with Crippen molar-refractivity contribution in [2.75, 3.05) is 26.0 Å². The molecule has 11 nitrogen and oxygen atoms in total. The Kier molecular flexibility index (Phi) is 4.53. The van der Waals surface area contributed by atoms with Crippen LogP contribution in [0.3, 0.4) is 0 Å². The summed E-state index contributed by atoms with van der Waals surface area (Å²) < 4.78 is 35.7. The summed E-state index contributed by atoms with van der Waals surface area (Å²) in [6.45, 7) is 3.09. The summed E-state index contributed by atoms with van der Waals surface area (Å²) in [7, 11) is -2.23. The van der Waals surface area contributed by atoms with Crippen molar-refractivity contribution in [1.29, 1.82) is 0 Å². The van der Waals surface area contributed by atoms with Crippen LogP contribution in [0.15, 0.2) is 22.5 Å². The van der Waals surface area contributed by atoms with Crippen molar-refractivity contribution >= 4 is 27.5 Å². The van der Waals surface area contributed by atoms with E-state index >= 15 is 0 Å². The number of rotatable bonds is 6. The zero-order valence-corrected chi connectivity index (χ0v) is 17.6. The van der Waals surface area contributed by atoms with Gasteiger partial charge in [0.2, 0.25) is 11.6 Å². The Morgan fingerprint density at radius 1 is 1.33 bits per heavy atom. The first-order valence-corrected chi connectivity index (χ1v) is 11.2. The minimum atomic E-state index is -3.68. The van der Waals surface area contributed by atoms with Gasteiger partial charge >= 0.3 is 6.09 Å². The molecule has 1 amide bonds. The van der Waals surface area contributed by atoms with Crippen LogP contribution < -0.4 is 16.8 Å². The van der Waals surface area contributed by atoms with Crippen LogP contribution in [-0.4, -0.2) is 80.1 Å². The Bertz CT molecular complexity index is 1030. The first-order valence-electron chi connectivity index (χ1n) is 9.52. The van der Waals surface area contributed by atoms with Crippen molar-refractivity contribution in [1.82, 2.24) is 10.2 Å². The van der Waals surface area contributed by atoms with Gasteiger partial charge in [-0.3, -0.25) is 9.59 Å². The molecule has 0 saturated carbocycles. The molecule has 12 heteroatoms. The van der Waals surface area contributed by atoms with E-state index in [1.165, 1.54) is 21.0 Å². The largest absolute Gasteiger partial charge is 0.449 e. The third-order valence-corrected chi connectivity index (χ3v) is 8.52. The van der Waals surface area contributed by atoms with Gasteiger partial charge in [-0.05, 0) is 13.8 Å². The van der Waals surface area contributed by atoms with Crippen molar-refractivity contribution in [2.24, 2.45) is 17.4 Å². The molecule has 0 aromatic carbocycles. The Labute approximate surface area is 173 Å². The number of Topliss-reactive ketones (excluding diaryl/α,β-unsaturated/α-hetero) is 2. The Balaban J connectivity index is 1.80. The van der Waals surface area contributed by atoms with Gasteiger partial charge in [-0.2, -0.15) is 0 Å². The molecule has 164 valence electrons. The van der Waals surface area contributed by atoms with Crippen LogP contribution in [0.1, 0.15) is 13.8 Å². The molecular formula is C18H24N4O7S. The fraction of sp³-hybridized carbons (Fsp3) is 0.611. The quantitative estimate of drug-likeness (QED) is 0.313. The fourth-order valence-electron chi connectivity index (χ4n) is 4.75. The Morgan fingerprint density at radius 3 is 2.57 bits per heavy atom. The fourth-order valence-corrected chi connectivity index (χ4v) is 5.78. The van der Waals surface area contributed by atoms with Gasteiger partial charge in [0.05, 0.1) is 34.4 Å². The van der Waals surface area contributed by atoms with Crippen LogP contribution in [0.4, 0.5) is 4.79 Å². The zero-order chi connectivity index (χ0) is 22.2. The van der Waals surface area contributed by atoms with Crippen molar-refractivity contribution in [3.05, 3.63) is 22.5 Å². The number of nitrogens with one attached hydrogen (secondary N) is 1. The Morgan fingerprint density at radius 2 is 2.00 bits per heavy atom. The first-order chi connectivity index (χ1) is 14.0. The lowest BCUT2D eigenvalue weighted by molar-refractivity contribution is -0.137. The number of primary amides is 1. The van der Waals surface area contributed by atoms with E-state index in [-0.39, 0.29) is 35.5 Å². The monoisotopic (exact) mass is 440 g/mol. The molecule has 4 atom stereocenters. The van der Waals surface area contributed by atoms with E-state index in [0.717, 1.165) is 0 Å². The maximum absolute atomic E-state index is 13.4. The average molecular weight is 440 g/mol. The summed E-state index contributed by atoms with van der Waals surface area (Å²) in [6.07, 6.45) is -1.03. The summed E-state index contributed by atoms with van der Waals surface area (Å²) in [5.41, 5.74) is 9.45. The molecular weight excluding hydrogens is 416 g/mol. The van der Waals surface area contributed by atoms with Crippen molar-refractivity contribution in [3.8, 4) is 0 Å². The molecule has 0 unspecified atom stereocenters. The number of hydrogen-bond donors (Lipinski definition) is 3. The second-order valence-electron chi connectivity index (χ2n) is 8.17. The number of carbonyl (C=O) groups excluding carboxylic acids is 3. The van der Waals surface area contributed by atoms with E-state index < -0.39 is 55.8 Å². The molecule has 4 rings (SSSR count). The number of nitrogens with two attached hydrogens (primary N) is 2. The van der Waals surface area contributed by atoms with Gasteiger partial charge in [0.25, 0.3) is 0 Å². The van der Waals surface area contributed by atoms with E-state index in [0.29, 0.717) is 6.54 Å². The molecule has 2 saturated heterocycles. The third-order valence-electron chi connectivity index (χ3n) is 6.39. The normalized spacial score (nSPS) is 32.5. The number of allylic oxidation sites excluding steroid dienone is 2. The van der Waals surface area contributed by atoms with Gasteiger partial charge in [-0.15, -0.1) is 0 Å². The molecule has 0 radical (unpaired) electrons. The zero-order valence-electron chi connectivity index (χ0n) is 16.8. The number of sulfone groups is 1. The molecule has 0 bridgehead atoms. The van der Waals surface area contributed by atoms with Crippen LogP contribution in [-0.2, 0) is 28.9 Å². The maximum atomic E-state index is 13.4. The molecule has 0 aromatic heterocycles. The second-order valence-corrected chi connectivity index (χ2v) is 10.7. The van der Waals surface area contributed by atoms with E-state index in [2.05, 4.69) is 5.32 Å². The topological polar surface area (TPSA) is 181 Å². The van der Waals surface area contributed by atoms with Gasteiger partial charge in [0, 0.05) is 30.8 Å². The number of hydrogen-bond acceptors (Lipinski definition) is 10. The predicted molar refractivity (Wildman–Crippen MR) is 103 cm³/mol. The molecule has 2 fully saturated rings. The third kappa shape index (κ3) is 2.63. The number of amides is 1. The standard InChI is InChI=1S/C18H24N4O7S/c1-7(2)30(26,27)6-8-12(19)15(24)11-9(5-29-17(20)25)18(28-3)16-10(21-16)4-22(18)13(11)14(8)23/h7,9-10,16,21H,4-6,19H2,1-3H3,(H2,20,25)/t9-,10+,16+,18-/m1/s1. The molecule has 0 spiro atoms. The van der Waals surface area contributed by atoms with Crippen LogP contribution >= 0.6 is 0 Å². The molecule has 4 aliphatic rings. The summed E-state index contributed by atoms with van der Waals surface area (Å²) in [5, 5.41) is 2.50. The molecule has 0 aromatic rings. The summed E-state index contributed by atoms with van der Waals surface area (Å²) in [4.78, 5) is 39.5. The van der Waals surface area contributed by atoms with Gasteiger partial charge in [-0.1, -0.05) is 0 Å². The smallest absolute Gasteiger partial charge is 0.404 e. The van der Waals surface area contributed by atoms with Gasteiger partial charge in [0.15, 0.2) is 15.6 Å². The maximum Gasteiger partial charge on any atom is 0.404 e. The molecule has 30 heavy (non-hydrogen) atoms. The van der Waals surface area contributed by atoms with E-state index in [1.54, 1.807) is 4.90 Å². The molecule has 5 N–H and O–H groups in total. The van der Waals surface area contributed by atoms with Crippen molar-refractivity contribution < 1.29 is 32.3 Å². The highest BCUT2D eigenvalue weighted by Crippen LogP contribution is 2.55. The molecule has 1 aliphatic carbocycles. The van der Waals surface area contributed by atoms with E-state index in [1.807, 2.05) is 0 Å². The lowest BCUT2D eigenvalue weighted by Gasteiger charge is -2.39. The number of piperazine rings is 1. The number of nitrogens with zero attached hydrogens (tertiary/aromatic N) is 1. The summed E-state index contributed by atoms with van der Waals surface area (Å²) in [5.74, 6) is -2.71. The van der Waals surface area contributed by atoms with Crippen LogP contribution in [0, 0.1) is 5.92 Å². The predicted octanol–water partition coefficient (Wildman–Crippen LogP) is -1.85. The van der Waals surface area contributed by atoms with Crippen molar-refractivity contribution in [2.45, 2.75) is 36.9 Å². The minimum Gasteiger partial charge on any atom is -0.449 e. The number of fused-ring (bicyclic) bond motifs is 4. The first kappa shape index (κ1) is 20.8. The van der Waals surface area contributed by atoms with Crippen molar-refractivity contribution in [3.63, 3.8) is 0 Å². The lowest BCUT2D eigenvalue weighted by Crippen LogP contribution is -2.55. The van der Waals surface area contributed by atoms with Gasteiger partial charge in [0.1, 0.15) is 6.61 Å². The second kappa shape index (κ2) is 6.53. The SMILES string of the molecule is CO[C@@]12[C@H](COC(N)=O)C3=C(C(=O)C(CS(=O)(=O)C(C)C)=C(N)C3=O)N1C[C@@H]1N[C@@H]12. The van der Waals surface area contributed by atoms with Crippen LogP contribution in [0.5, 0.6) is 0 Å². The van der Waals surface area contributed by atoms with E-state index in [9.17, 15) is 22.8 Å².